The molecule has 3 aliphatic carbocycles. The average Bonchev–Trinajstić information content (AvgIpc) is 3.63. The molecule has 5 aliphatic rings. The van der Waals surface area contributed by atoms with E-state index in [4.69, 9.17) is 16.3 Å². The quantitative estimate of drug-likeness (QED) is 0.609. The van der Waals surface area contributed by atoms with Crippen LogP contribution in [0, 0.1) is 17.8 Å². The van der Waals surface area contributed by atoms with Crippen LogP contribution in [0.2, 0.25) is 5.02 Å². The Bertz CT molecular complexity index is 1350. The maximum absolute atomic E-state index is 13.3. The van der Waals surface area contributed by atoms with Gasteiger partial charge >= 0.3 is 0 Å². The smallest absolute Gasteiger partial charge is 0.298 e. The fourth-order valence-electron chi connectivity index (χ4n) is 7.75. The Morgan fingerprint density at radius 2 is 1.97 bits per heavy atom. The van der Waals surface area contributed by atoms with E-state index in [2.05, 4.69) is 16.7 Å². The van der Waals surface area contributed by atoms with Crippen LogP contribution in [0.25, 0.3) is 0 Å². The first kappa shape index (κ1) is 23.4. The number of aliphatic hydroxyl groups is 1. The van der Waals surface area contributed by atoms with Crippen molar-refractivity contribution in [3.63, 3.8) is 0 Å². The third-order valence-electron chi connectivity index (χ3n) is 9.71. The lowest BCUT2D eigenvalue weighted by atomic mass is 9.48. The minimum Gasteiger partial charge on any atom is -0.504 e. The van der Waals surface area contributed by atoms with Crippen LogP contribution in [0.5, 0.6) is 11.5 Å². The summed E-state index contributed by atoms with van der Waals surface area (Å²) in [5, 5.41) is 24.0. The molecule has 1 saturated heterocycles. The van der Waals surface area contributed by atoms with Crippen molar-refractivity contribution in [2.45, 2.75) is 67.7 Å². The van der Waals surface area contributed by atoms with Crippen LogP contribution in [-0.4, -0.2) is 69.8 Å². The number of halogens is 1. The summed E-state index contributed by atoms with van der Waals surface area (Å²) in [6.07, 6.45) is 4.82. The molecule has 0 aromatic heterocycles. The molecule has 0 unspecified atom stereocenters. The number of carbonyl (C=O) groups is 1. The van der Waals surface area contributed by atoms with Crippen LogP contribution in [0.1, 0.15) is 48.8 Å². The van der Waals surface area contributed by atoms with E-state index < -0.39 is 17.1 Å². The van der Waals surface area contributed by atoms with E-state index >= 15 is 0 Å². The molecule has 2 aliphatic heterocycles. The molecule has 7 heteroatoms. The molecule has 1 amide bonds. The highest BCUT2D eigenvalue weighted by atomic mass is 35.5. The monoisotopic (exact) mass is 518 g/mol. The van der Waals surface area contributed by atoms with E-state index in [1.54, 1.807) is 42.3 Å². The van der Waals surface area contributed by atoms with Crippen molar-refractivity contribution in [1.82, 2.24) is 9.80 Å². The van der Waals surface area contributed by atoms with Gasteiger partial charge in [0.1, 0.15) is 6.10 Å². The molecule has 0 radical (unpaired) electrons. The van der Waals surface area contributed by atoms with E-state index in [0.717, 1.165) is 48.5 Å². The Kier molecular flexibility index (Phi) is 5.15. The molecule has 2 N–H and O–H groups in total. The van der Waals surface area contributed by atoms with E-state index in [1.165, 1.54) is 12.8 Å². The molecule has 192 valence electrons. The van der Waals surface area contributed by atoms with E-state index in [1.807, 2.05) is 6.07 Å². The highest BCUT2D eigenvalue weighted by molar-refractivity contribution is 6.30. The molecule has 6 nitrogen and oxygen atoms in total. The Morgan fingerprint density at radius 1 is 1.19 bits per heavy atom. The second-order valence-electron chi connectivity index (χ2n) is 11.6. The standard InChI is InChI=1S/C30H31ClN2O4/c1-32(25(35)11-6-18-4-8-21(31)9-5-18)22-12-13-30(36)24-16-20-7-10-23(34)27-26(20)29(30,28(22)37-27)14-15-33(24)17-19-2-3-19/h4-5,7-10,19,22,24,28,34,36H,2-3,12-17H2,1H3/t22-,24-,28+,29+,30-/m1/s1. The fourth-order valence-corrected chi connectivity index (χ4v) is 7.88. The second kappa shape index (κ2) is 8.14. The number of benzene rings is 2. The number of piperidine rings is 1. The van der Waals surface area contributed by atoms with Gasteiger partial charge in [-0.1, -0.05) is 23.6 Å². The van der Waals surface area contributed by atoms with Gasteiger partial charge in [-0.2, -0.15) is 0 Å². The number of rotatable bonds is 3. The summed E-state index contributed by atoms with van der Waals surface area (Å²) in [7, 11) is 1.78. The predicted octanol–water partition coefficient (Wildman–Crippen LogP) is 3.49. The van der Waals surface area contributed by atoms with Crippen LogP contribution in [0.4, 0.5) is 0 Å². The summed E-state index contributed by atoms with van der Waals surface area (Å²) < 4.78 is 6.58. The highest BCUT2D eigenvalue weighted by Gasteiger charge is 2.73. The van der Waals surface area contributed by atoms with Crippen molar-refractivity contribution in [1.29, 1.82) is 0 Å². The van der Waals surface area contributed by atoms with Crippen molar-refractivity contribution in [2.75, 3.05) is 20.1 Å². The van der Waals surface area contributed by atoms with Gasteiger partial charge in [0.15, 0.2) is 11.5 Å². The number of nitrogens with zero attached hydrogens (tertiary/aromatic N) is 2. The zero-order valence-corrected chi connectivity index (χ0v) is 21.7. The lowest BCUT2D eigenvalue weighted by Crippen LogP contribution is -2.78. The van der Waals surface area contributed by atoms with E-state index in [9.17, 15) is 15.0 Å². The van der Waals surface area contributed by atoms with Crippen molar-refractivity contribution in [2.24, 2.45) is 5.92 Å². The molecule has 2 bridgehead atoms. The van der Waals surface area contributed by atoms with Gasteiger partial charge in [0.2, 0.25) is 0 Å². The lowest BCUT2D eigenvalue weighted by molar-refractivity contribution is -0.199. The van der Waals surface area contributed by atoms with Crippen LogP contribution in [0.15, 0.2) is 36.4 Å². The first-order valence-corrected chi connectivity index (χ1v) is 13.7. The molecular weight excluding hydrogens is 488 g/mol. The number of phenolic OH excluding ortho intramolecular Hbond substituents is 1. The molecule has 1 spiro atoms. The molecule has 2 saturated carbocycles. The zero-order valence-electron chi connectivity index (χ0n) is 20.9. The van der Waals surface area contributed by atoms with Gasteiger partial charge in [-0.05, 0) is 86.9 Å². The first-order valence-electron chi connectivity index (χ1n) is 13.3. The Morgan fingerprint density at radius 3 is 2.73 bits per heavy atom. The number of carbonyl (C=O) groups excluding carboxylic acids is 1. The number of hydrogen-bond donors (Lipinski definition) is 2. The van der Waals surface area contributed by atoms with E-state index in [-0.39, 0.29) is 23.7 Å². The summed E-state index contributed by atoms with van der Waals surface area (Å²) in [6, 6.07) is 10.6. The predicted molar refractivity (Wildman–Crippen MR) is 140 cm³/mol. The number of ether oxygens (including phenoxy) is 1. The van der Waals surface area contributed by atoms with Gasteiger partial charge in [-0.3, -0.25) is 9.69 Å². The average molecular weight is 519 g/mol. The van der Waals surface area contributed by atoms with Gasteiger partial charge in [-0.25, -0.2) is 0 Å². The van der Waals surface area contributed by atoms with Gasteiger partial charge in [0.25, 0.3) is 5.91 Å². The van der Waals surface area contributed by atoms with Crippen LogP contribution in [0.3, 0.4) is 0 Å². The number of hydrogen-bond acceptors (Lipinski definition) is 5. The topological polar surface area (TPSA) is 73.2 Å². The second-order valence-corrected chi connectivity index (χ2v) is 12.0. The molecule has 3 fully saturated rings. The Hall–Kier alpha value is -2.72. The minimum atomic E-state index is -0.966. The van der Waals surface area contributed by atoms with Crippen LogP contribution in [-0.2, 0) is 16.6 Å². The molecule has 2 heterocycles. The number of aromatic hydroxyl groups is 1. The molecule has 2 aromatic carbocycles. The molecule has 2 aromatic rings. The maximum Gasteiger partial charge on any atom is 0.298 e. The third kappa shape index (κ3) is 3.30. The number of likely N-dealkylation sites (tertiary alicyclic amines) is 1. The summed E-state index contributed by atoms with van der Waals surface area (Å²) in [6.45, 7) is 1.93. The summed E-state index contributed by atoms with van der Waals surface area (Å²) in [5.74, 6) is 6.79. The fraction of sp³-hybridized carbons (Fsp3) is 0.500. The van der Waals surface area contributed by atoms with Gasteiger partial charge in [0, 0.05) is 41.7 Å². The maximum atomic E-state index is 13.3. The number of phenols is 1. The van der Waals surface area contributed by atoms with Crippen LogP contribution < -0.4 is 4.74 Å². The molecule has 5 atom stereocenters. The molecular formula is C30H31ClN2O4. The van der Waals surface area contributed by atoms with Crippen molar-refractivity contribution < 1.29 is 19.7 Å². The molecule has 7 rings (SSSR count). The minimum absolute atomic E-state index is 0.0163. The first-order chi connectivity index (χ1) is 17.8. The molecule has 37 heavy (non-hydrogen) atoms. The number of amides is 1. The summed E-state index contributed by atoms with van der Waals surface area (Å²) in [5.41, 5.74) is 1.23. The van der Waals surface area contributed by atoms with Crippen molar-refractivity contribution >= 4 is 17.5 Å². The Labute approximate surface area is 222 Å². The largest absolute Gasteiger partial charge is 0.504 e. The van der Waals surface area contributed by atoms with E-state index in [0.29, 0.717) is 23.6 Å². The normalized spacial score (nSPS) is 33.1. The summed E-state index contributed by atoms with van der Waals surface area (Å²) >= 11 is 5.97. The van der Waals surface area contributed by atoms with Crippen molar-refractivity contribution in [3.8, 4) is 23.3 Å². The van der Waals surface area contributed by atoms with Crippen LogP contribution >= 0.6 is 11.6 Å². The highest BCUT2D eigenvalue weighted by Crippen LogP contribution is 2.66. The number of likely N-dealkylation sites (N-methyl/N-ethyl adjacent to an activating group) is 1. The van der Waals surface area contributed by atoms with Gasteiger partial charge in [-0.15, -0.1) is 0 Å². The SMILES string of the molecule is CN(C(=O)C#Cc1ccc(Cl)cc1)[C@@H]1CC[C@@]2(O)[C@H]3Cc4ccc(O)c5c4[C@@]2(CCN3CC2CC2)[C@H]1O5. The lowest BCUT2D eigenvalue weighted by Gasteiger charge is -2.64. The van der Waals surface area contributed by atoms with Crippen molar-refractivity contribution in [3.05, 3.63) is 58.1 Å². The van der Waals surface area contributed by atoms with Gasteiger partial charge < -0.3 is 19.8 Å². The van der Waals surface area contributed by atoms with Gasteiger partial charge in [0.05, 0.1) is 17.1 Å². The third-order valence-corrected chi connectivity index (χ3v) is 9.96. The summed E-state index contributed by atoms with van der Waals surface area (Å²) in [4.78, 5) is 17.5. The zero-order chi connectivity index (χ0) is 25.5. The Balaban J connectivity index is 1.25.